The van der Waals surface area contributed by atoms with Gasteiger partial charge in [0.15, 0.2) is 0 Å². The first-order valence-corrected chi connectivity index (χ1v) is 7.86. The zero-order valence-corrected chi connectivity index (χ0v) is 13.1. The normalized spacial score (nSPS) is 16.4. The van der Waals surface area contributed by atoms with Gasteiger partial charge in [0.1, 0.15) is 5.75 Å². The van der Waals surface area contributed by atoms with Gasteiger partial charge in [-0.3, -0.25) is 0 Å². The molecule has 20 heavy (non-hydrogen) atoms. The van der Waals surface area contributed by atoms with Crippen LogP contribution in [0.3, 0.4) is 0 Å². The predicted octanol–water partition coefficient (Wildman–Crippen LogP) is 3.08. The summed E-state index contributed by atoms with van der Waals surface area (Å²) < 4.78 is 5.24. The van der Waals surface area contributed by atoms with Gasteiger partial charge < -0.3 is 15.0 Å². The lowest BCUT2D eigenvalue weighted by molar-refractivity contribution is 0.245. The summed E-state index contributed by atoms with van der Waals surface area (Å²) in [5, 5.41) is 3.61. The molecule has 112 valence electrons. The Morgan fingerprint density at radius 3 is 2.45 bits per heavy atom. The average Bonchev–Trinajstić information content (AvgIpc) is 3.30. The van der Waals surface area contributed by atoms with Gasteiger partial charge in [0.25, 0.3) is 0 Å². The minimum atomic E-state index is 0.407. The van der Waals surface area contributed by atoms with Crippen molar-refractivity contribution in [2.75, 3.05) is 33.3 Å². The van der Waals surface area contributed by atoms with Crippen molar-refractivity contribution in [1.29, 1.82) is 0 Å². The first-order chi connectivity index (χ1) is 9.76. The van der Waals surface area contributed by atoms with E-state index in [0.717, 1.165) is 31.3 Å². The topological polar surface area (TPSA) is 24.5 Å². The van der Waals surface area contributed by atoms with E-state index >= 15 is 0 Å². The monoisotopic (exact) mass is 276 g/mol. The molecule has 0 bridgehead atoms. The van der Waals surface area contributed by atoms with E-state index in [0.29, 0.717) is 6.04 Å². The van der Waals surface area contributed by atoms with Crippen LogP contribution in [0.4, 0.5) is 0 Å². The molecule has 3 heteroatoms. The van der Waals surface area contributed by atoms with Crippen molar-refractivity contribution >= 4 is 0 Å². The largest absolute Gasteiger partial charge is 0.497 e. The van der Waals surface area contributed by atoms with Crippen molar-refractivity contribution in [3.63, 3.8) is 0 Å². The predicted molar refractivity (Wildman–Crippen MR) is 84.2 cm³/mol. The molecule has 0 spiro atoms. The Morgan fingerprint density at radius 1 is 1.25 bits per heavy atom. The highest BCUT2D eigenvalue weighted by Gasteiger charge is 2.25. The zero-order valence-electron chi connectivity index (χ0n) is 13.1. The van der Waals surface area contributed by atoms with Gasteiger partial charge in [-0.1, -0.05) is 26.0 Å². The molecule has 1 saturated carbocycles. The van der Waals surface area contributed by atoms with Crippen LogP contribution in [0.1, 0.15) is 38.3 Å². The van der Waals surface area contributed by atoms with Gasteiger partial charge in [-0.05, 0) is 49.5 Å². The number of ether oxygens (including phenoxy) is 1. The number of hydrogen-bond acceptors (Lipinski definition) is 3. The Bertz CT molecular complexity index is 386. The molecule has 2 rings (SSSR count). The molecule has 0 radical (unpaired) electrons. The Hall–Kier alpha value is -1.06. The van der Waals surface area contributed by atoms with Crippen molar-refractivity contribution in [1.82, 2.24) is 10.2 Å². The van der Waals surface area contributed by atoms with Gasteiger partial charge in [-0.15, -0.1) is 0 Å². The van der Waals surface area contributed by atoms with Crippen LogP contribution in [0, 0.1) is 5.92 Å². The quantitative estimate of drug-likeness (QED) is 0.750. The summed E-state index contributed by atoms with van der Waals surface area (Å²) in [6.07, 6.45) is 2.84. The second-order valence-corrected chi connectivity index (χ2v) is 5.68. The van der Waals surface area contributed by atoms with E-state index in [2.05, 4.69) is 48.3 Å². The van der Waals surface area contributed by atoms with E-state index in [1.54, 1.807) is 7.11 Å². The number of nitrogens with one attached hydrogen (secondary N) is 1. The molecule has 1 N–H and O–H groups in total. The van der Waals surface area contributed by atoms with E-state index in [4.69, 9.17) is 4.74 Å². The molecule has 3 nitrogen and oxygen atoms in total. The van der Waals surface area contributed by atoms with Crippen LogP contribution in [-0.4, -0.2) is 38.2 Å². The van der Waals surface area contributed by atoms with Crippen LogP contribution in [0.2, 0.25) is 0 Å². The fourth-order valence-electron chi connectivity index (χ4n) is 2.63. The SMILES string of the molecule is CCNC(CN(CC)CC1CC1)c1ccc(OC)cc1. The fraction of sp³-hybridized carbons (Fsp3) is 0.647. The smallest absolute Gasteiger partial charge is 0.118 e. The highest BCUT2D eigenvalue weighted by atomic mass is 16.5. The lowest BCUT2D eigenvalue weighted by atomic mass is 10.1. The Labute approximate surface area is 123 Å². The van der Waals surface area contributed by atoms with Crippen molar-refractivity contribution in [3.05, 3.63) is 29.8 Å². The number of methoxy groups -OCH3 is 1. The van der Waals surface area contributed by atoms with Crippen molar-refractivity contribution in [2.45, 2.75) is 32.7 Å². The molecule has 1 atom stereocenters. The highest BCUT2D eigenvalue weighted by Crippen LogP contribution is 2.30. The summed E-state index contributed by atoms with van der Waals surface area (Å²) in [7, 11) is 1.71. The zero-order chi connectivity index (χ0) is 14.4. The molecular weight excluding hydrogens is 248 g/mol. The van der Waals surface area contributed by atoms with Crippen LogP contribution in [0.5, 0.6) is 5.75 Å². The lowest BCUT2D eigenvalue weighted by Crippen LogP contribution is -2.36. The second-order valence-electron chi connectivity index (χ2n) is 5.68. The van der Waals surface area contributed by atoms with Crippen LogP contribution in [0.25, 0.3) is 0 Å². The summed E-state index contributed by atoms with van der Waals surface area (Å²) in [5.41, 5.74) is 1.35. The van der Waals surface area contributed by atoms with Gasteiger partial charge in [-0.25, -0.2) is 0 Å². The van der Waals surface area contributed by atoms with E-state index < -0.39 is 0 Å². The molecule has 0 aromatic heterocycles. The van der Waals surface area contributed by atoms with E-state index in [-0.39, 0.29) is 0 Å². The summed E-state index contributed by atoms with van der Waals surface area (Å²) in [6, 6.07) is 8.87. The number of likely N-dealkylation sites (N-methyl/N-ethyl adjacent to an activating group) is 2. The third-order valence-electron chi connectivity index (χ3n) is 4.07. The van der Waals surface area contributed by atoms with Gasteiger partial charge in [0.2, 0.25) is 0 Å². The van der Waals surface area contributed by atoms with E-state index in [1.165, 1.54) is 24.9 Å². The summed E-state index contributed by atoms with van der Waals surface area (Å²) in [6.45, 7) is 8.92. The third kappa shape index (κ3) is 4.50. The van der Waals surface area contributed by atoms with Crippen LogP contribution < -0.4 is 10.1 Å². The first kappa shape index (κ1) is 15.3. The molecule has 1 aliphatic rings. The molecular formula is C17H28N2O. The van der Waals surface area contributed by atoms with E-state index in [9.17, 15) is 0 Å². The molecule has 1 aromatic rings. The molecule has 1 fully saturated rings. The second kappa shape index (κ2) is 7.65. The van der Waals surface area contributed by atoms with Gasteiger partial charge in [0, 0.05) is 19.1 Å². The number of hydrogen-bond donors (Lipinski definition) is 1. The first-order valence-electron chi connectivity index (χ1n) is 7.86. The Morgan fingerprint density at radius 2 is 1.95 bits per heavy atom. The summed E-state index contributed by atoms with van der Waals surface area (Å²) >= 11 is 0. The van der Waals surface area contributed by atoms with Gasteiger partial charge in [0.05, 0.1) is 7.11 Å². The molecule has 0 heterocycles. The molecule has 0 amide bonds. The molecule has 1 aromatic carbocycles. The van der Waals surface area contributed by atoms with E-state index in [1.807, 2.05) is 0 Å². The Balaban J connectivity index is 1.99. The van der Waals surface area contributed by atoms with Crippen LogP contribution >= 0.6 is 0 Å². The lowest BCUT2D eigenvalue weighted by Gasteiger charge is -2.27. The molecule has 0 aliphatic heterocycles. The third-order valence-corrected chi connectivity index (χ3v) is 4.07. The number of rotatable bonds is 9. The minimum absolute atomic E-state index is 0.407. The molecule has 0 saturated heterocycles. The maximum atomic E-state index is 5.24. The minimum Gasteiger partial charge on any atom is -0.497 e. The molecule has 1 unspecified atom stereocenters. The van der Waals surface area contributed by atoms with Crippen LogP contribution in [-0.2, 0) is 0 Å². The maximum Gasteiger partial charge on any atom is 0.118 e. The van der Waals surface area contributed by atoms with Crippen LogP contribution in [0.15, 0.2) is 24.3 Å². The summed E-state index contributed by atoms with van der Waals surface area (Å²) in [5.74, 6) is 1.88. The summed E-state index contributed by atoms with van der Waals surface area (Å²) in [4.78, 5) is 2.58. The molecule has 1 aliphatic carbocycles. The highest BCUT2D eigenvalue weighted by molar-refractivity contribution is 5.29. The fourth-order valence-corrected chi connectivity index (χ4v) is 2.63. The maximum absolute atomic E-state index is 5.24. The Kier molecular flexibility index (Phi) is 5.86. The number of nitrogens with zero attached hydrogens (tertiary/aromatic N) is 1. The van der Waals surface area contributed by atoms with Gasteiger partial charge in [-0.2, -0.15) is 0 Å². The average molecular weight is 276 g/mol. The van der Waals surface area contributed by atoms with Crippen molar-refractivity contribution in [2.24, 2.45) is 5.92 Å². The van der Waals surface area contributed by atoms with Gasteiger partial charge >= 0.3 is 0 Å². The number of benzene rings is 1. The standard InChI is InChI=1S/C17H28N2O/c1-4-18-17(13-19(5-2)12-14-6-7-14)15-8-10-16(20-3)11-9-15/h8-11,14,17-18H,4-7,12-13H2,1-3H3. The van der Waals surface area contributed by atoms with Crippen molar-refractivity contribution in [3.8, 4) is 5.75 Å². The van der Waals surface area contributed by atoms with Crippen molar-refractivity contribution < 1.29 is 4.74 Å².